The first-order chi connectivity index (χ1) is 12.3. The molecule has 4 aromatic rings. The van der Waals surface area contributed by atoms with Gasteiger partial charge < -0.3 is 5.32 Å². The molecule has 0 radical (unpaired) electrons. The second-order valence-electron chi connectivity index (χ2n) is 5.89. The summed E-state index contributed by atoms with van der Waals surface area (Å²) in [6.45, 7) is 0. The molecule has 1 atom stereocenters. The standard InChI is InChI=1S/C21H17NOS2/c23-20(13-16-7-3-6-15-5-1-2-8-18(15)16)22-21(17-10-12-24-14-17)19-9-4-11-25-19/h1-12,14,21H,13H2,(H,22,23). The number of amides is 1. The average Bonchev–Trinajstić information content (AvgIpc) is 3.34. The molecule has 2 aromatic heterocycles. The number of nitrogens with one attached hydrogen (secondary N) is 1. The van der Waals surface area contributed by atoms with E-state index in [4.69, 9.17) is 0 Å². The maximum atomic E-state index is 12.8. The summed E-state index contributed by atoms with van der Waals surface area (Å²) in [4.78, 5) is 13.9. The molecule has 0 bridgehead atoms. The highest BCUT2D eigenvalue weighted by molar-refractivity contribution is 7.10. The van der Waals surface area contributed by atoms with E-state index in [9.17, 15) is 4.79 Å². The van der Waals surface area contributed by atoms with Crippen molar-refractivity contribution in [3.63, 3.8) is 0 Å². The van der Waals surface area contributed by atoms with Gasteiger partial charge in [-0.15, -0.1) is 11.3 Å². The summed E-state index contributed by atoms with van der Waals surface area (Å²) < 4.78 is 0. The summed E-state index contributed by atoms with van der Waals surface area (Å²) in [5, 5.41) is 11.7. The minimum absolute atomic E-state index is 0.0425. The number of hydrogen-bond acceptors (Lipinski definition) is 3. The van der Waals surface area contributed by atoms with Crippen molar-refractivity contribution in [2.24, 2.45) is 0 Å². The monoisotopic (exact) mass is 363 g/mol. The van der Waals surface area contributed by atoms with Crippen molar-refractivity contribution < 1.29 is 4.79 Å². The first kappa shape index (κ1) is 16.1. The number of carbonyl (C=O) groups excluding carboxylic acids is 1. The Kier molecular flexibility index (Phi) is 4.63. The van der Waals surface area contributed by atoms with Gasteiger partial charge in [0.15, 0.2) is 0 Å². The molecule has 0 spiro atoms. The Labute approximate surface area is 154 Å². The minimum Gasteiger partial charge on any atom is -0.344 e. The van der Waals surface area contributed by atoms with Gasteiger partial charge >= 0.3 is 0 Å². The number of benzene rings is 2. The second-order valence-corrected chi connectivity index (χ2v) is 7.65. The number of carbonyl (C=O) groups is 1. The van der Waals surface area contributed by atoms with Gasteiger partial charge in [0.25, 0.3) is 0 Å². The van der Waals surface area contributed by atoms with Crippen molar-refractivity contribution >= 4 is 39.4 Å². The first-order valence-corrected chi connectivity index (χ1v) is 9.95. The Balaban J connectivity index is 1.58. The summed E-state index contributed by atoms with van der Waals surface area (Å²) in [5.74, 6) is 0.0425. The fraction of sp³-hybridized carbons (Fsp3) is 0.0952. The normalized spacial score (nSPS) is 12.2. The number of fused-ring (bicyclic) bond motifs is 1. The maximum absolute atomic E-state index is 12.8. The topological polar surface area (TPSA) is 29.1 Å². The van der Waals surface area contributed by atoms with Crippen LogP contribution in [0, 0.1) is 0 Å². The molecule has 0 aliphatic rings. The molecule has 4 heteroatoms. The first-order valence-electron chi connectivity index (χ1n) is 8.13. The van der Waals surface area contributed by atoms with Gasteiger partial charge in [-0.05, 0) is 50.2 Å². The zero-order valence-corrected chi connectivity index (χ0v) is 15.1. The highest BCUT2D eigenvalue weighted by Crippen LogP contribution is 2.28. The van der Waals surface area contributed by atoms with E-state index in [1.165, 1.54) is 5.39 Å². The molecule has 1 N–H and O–H groups in total. The van der Waals surface area contributed by atoms with E-state index in [0.29, 0.717) is 6.42 Å². The van der Waals surface area contributed by atoms with Crippen molar-refractivity contribution in [1.82, 2.24) is 5.32 Å². The van der Waals surface area contributed by atoms with E-state index in [1.54, 1.807) is 22.7 Å². The second kappa shape index (κ2) is 7.21. The molecule has 2 nitrogen and oxygen atoms in total. The average molecular weight is 364 g/mol. The molecule has 0 fully saturated rings. The summed E-state index contributed by atoms with van der Waals surface area (Å²) in [6, 6.07) is 20.4. The summed E-state index contributed by atoms with van der Waals surface area (Å²) >= 11 is 3.32. The molecule has 2 aromatic carbocycles. The Bertz CT molecular complexity index is 935. The summed E-state index contributed by atoms with van der Waals surface area (Å²) in [7, 11) is 0. The maximum Gasteiger partial charge on any atom is 0.225 e. The highest BCUT2D eigenvalue weighted by atomic mass is 32.1. The van der Waals surface area contributed by atoms with Crippen LogP contribution in [0.4, 0.5) is 0 Å². The lowest BCUT2D eigenvalue weighted by Gasteiger charge is -2.17. The van der Waals surface area contributed by atoms with Gasteiger partial charge in [0.1, 0.15) is 0 Å². The van der Waals surface area contributed by atoms with Crippen molar-refractivity contribution in [3.8, 4) is 0 Å². The van der Waals surface area contributed by atoms with E-state index in [2.05, 4.69) is 41.0 Å². The Hall–Kier alpha value is -2.43. The number of thiophene rings is 2. The van der Waals surface area contributed by atoms with E-state index >= 15 is 0 Å². The zero-order chi connectivity index (χ0) is 17.1. The van der Waals surface area contributed by atoms with Crippen LogP contribution in [-0.4, -0.2) is 5.91 Å². The third-order valence-electron chi connectivity index (χ3n) is 4.24. The van der Waals surface area contributed by atoms with Crippen LogP contribution in [-0.2, 0) is 11.2 Å². The van der Waals surface area contributed by atoms with Crippen LogP contribution in [0.3, 0.4) is 0 Å². The van der Waals surface area contributed by atoms with Crippen molar-refractivity contribution in [2.75, 3.05) is 0 Å². The molecule has 0 saturated carbocycles. The zero-order valence-electron chi connectivity index (χ0n) is 13.5. The molecule has 0 aliphatic carbocycles. The summed E-state index contributed by atoms with van der Waals surface area (Å²) in [6.07, 6.45) is 0.382. The SMILES string of the molecule is O=C(Cc1cccc2ccccc12)NC(c1ccsc1)c1cccs1. The van der Waals surface area contributed by atoms with E-state index in [1.807, 2.05) is 41.1 Å². The smallest absolute Gasteiger partial charge is 0.225 e. The highest BCUT2D eigenvalue weighted by Gasteiger charge is 2.18. The van der Waals surface area contributed by atoms with Crippen molar-refractivity contribution in [1.29, 1.82) is 0 Å². The lowest BCUT2D eigenvalue weighted by atomic mass is 10.0. The van der Waals surface area contributed by atoms with E-state index in [0.717, 1.165) is 21.4 Å². The third kappa shape index (κ3) is 3.50. The molecule has 25 heavy (non-hydrogen) atoms. The van der Waals surface area contributed by atoms with Crippen LogP contribution < -0.4 is 5.32 Å². The predicted molar refractivity (Wildman–Crippen MR) is 106 cm³/mol. The molecule has 0 aliphatic heterocycles. The Morgan fingerprint density at radius 1 is 0.960 bits per heavy atom. The lowest BCUT2D eigenvalue weighted by Crippen LogP contribution is -2.29. The van der Waals surface area contributed by atoms with Gasteiger partial charge in [-0.2, -0.15) is 11.3 Å². The molecule has 4 rings (SSSR count). The van der Waals surface area contributed by atoms with Gasteiger partial charge in [-0.1, -0.05) is 48.5 Å². The van der Waals surface area contributed by atoms with Crippen LogP contribution >= 0.6 is 22.7 Å². The fourth-order valence-electron chi connectivity index (χ4n) is 3.05. The third-order valence-corrected chi connectivity index (χ3v) is 5.88. The van der Waals surface area contributed by atoms with Crippen molar-refractivity contribution in [2.45, 2.75) is 12.5 Å². The lowest BCUT2D eigenvalue weighted by molar-refractivity contribution is -0.120. The quantitative estimate of drug-likeness (QED) is 0.504. The van der Waals surface area contributed by atoms with Crippen LogP contribution in [0.15, 0.2) is 76.8 Å². The van der Waals surface area contributed by atoms with Crippen LogP contribution in [0.25, 0.3) is 10.8 Å². The molecule has 1 amide bonds. The van der Waals surface area contributed by atoms with Crippen LogP contribution in [0.5, 0.6) is 0 Å². The molecule has 0 saturated heterocycles. The molecule has 124 valence electrons. The largest absolute Gasteiger partial charge is 0.344 e. The molecule has 1 unspecified atom stereocenters. The summed E-state index contributed by atoms with van der Waals surface area (Å²) in [5.41, 5.74) is 2.20. The van der Waals surface area contributed by atoms with E-state index in [-0.39, 0.29) is 11.9 Å². The molecular weight excluding hydrogens is 346 g/mol. The van der Waals surface area contributed by atoms with E-state index < -0.39 is 0 Å². The predicted octanol–water partition coefficient (Wildman–Crippen LogP) is 5.41. The van der Waals surface area contributed by atoms with Crippen LogP contribution in [0.2, 0.25) is 0 Å². The molecule has 2 heterocycles. The number of rotatable bonds is 5. The van der Waals surface area contributed by atoms with Gasteiger partial charge in [-0.25, -0.2) is 0 Å². The minimum atomic E-state index is -0.0753. The fourth-order valence-corrected chi connectivity index (χ4v) is 4.53. The Morgan fingerprint density at radius 2 is 1.84 bits per heavy atom. The van der Waals surface area contributed by atoms with Gasteiger partial charge in [0.05, 0.1) is 12.5 Å². The Morgan fingerprint density at radius 3 is 2.64 bits per heavy atom. The molecular formula is C21H17NOS2. The van der Waals surface area contributed by atoms with Gasteiger partial charge in [0, 0.05) is 4.88 Å². The van der Waals surface area contributed by atoms with Gasteiger partial charge in [0.2, 0.25) is 5.91 Å². The van der Waals surface area contributed by atoms with Crippen molar-refractivity contribution in [3.05, 3.63) is 92.8 Å². The number of hydrogen-bond donors (Lipinski definition) is 1. The van der Waals surface area contributed by atoms with Crippen LogP contribution in [0.1, 0.15) is 22.0 Å². The van der Waals surface area contributed by atoms with Gasteiger partial charge in [-0.3, -0.25) is 4.79 Å².